The maximum Gasteiger partial charge on any atom is 0.325 e. The average molecular weight is 378 g/mol. The van der Waals surface area contributed by atoms with Crippen molar-refractivity contribution in [2.75, 3.05) is 7.05 Å². The van der Waals surface area contributed by atoms with Crippen LogP contribution in [0.3, 0.4) is 0 Å². The van der Waals surface area contributed by atoms with Gasteiger partial charge in [0.05, 0.1) is 17.6 Å². The normalized spacial score (nSPS) is 17.5. The van der Waals surface area contributed by atoms with Crippen molar-refractivity contribution in [3.05, 3.63) is 29.0 Å². The van der Waals surface area contributed by atoms with E-state index < -0.39 is 23.5 Å². The summed E-state index contributed by atoms with van der Waals surface area (Å²) < 4.78 is 0. The Bertz CT molecular complexity index is 907. The Kier molecular flexibility index (Phi) is 4.39. The lowest BCUT2D eigenvalue weighted by atomic mass is 10.1. The number of likely N-dealkylation sites (N-methyl/N-ethyl adjacent to an activating group) is 1. The molecule has 4 amide bonds. The molecule has 1 saturated heterocycles. The van der Waals surface area contributed by atoms with Crippen LogP contribution >= 0.6 is 11.6 Å². The molecule has 138 valence electrons. The molecule has 1 aliphatic heterocycles. The van der Waals surface area contributed by atoms with Crippen molar-refractivity contribution in [3.63, 3.8) is 0 Å². The fourth-order valence-electron chi connectivity index (χ4n) is 2.97. The van der Waals surface area contributed by atoms with Crippen molar-refractivity contribution in [2.45, 2.75) is 38.9 Å². The molecule has 0 saturated carbocycles. The minimum Gasteiger partial charge on any atom is -0.340 e. The average Bonchev–Trinajstić information content (AvgIpc) is 3.02. The quantitative estimate of drug-likeness (QED) is 0.795. The number of aromatic nitrogens is 2. The standard InChI is InChI=1S/C17H20ClN5O3/c1-9(23-15(25)17(2,3)21-16(23)26)14(24)22(4)8-13-19-11-6-5-10(18)7-12(11)20-13/h5-7,9H,8H2,1-4H3,(H,19,20)(H,21,26). The highest BCUT2D eigenvalue weighted by Crippen LogP contribution is 2.21. The van der Waals surface area contributed by atoms with Crippen LogP contribution in [-0.4, -0.2) is 56.2 Å². The van der Waals surface area contributed by atoms with Gasteiger partial charge in [0.2, 0.25) is 5.91 Å². The molecule has 26 heavy (non-hydrogen) atoms. The van der Waals surface area contributed by atoms with E-state index in [9.17, 15) is 14.4 Å². The molecular formula is C17H20ClN5O3. The van der Waals surface area contributed by atoms with Gasteiger partial charge in [0.15, 0.2) is 0 Å². The van der Waals surface area contributed by atoms with E-state index in [4.69, 9.17) is 11.6 Å². The second-order valence-corrected chi connectivity index (χ2v) is 7.38. The monoisotopic (exact) mass is 377 g/mol. The number of carbonyl (C=O) groups excluding carboxylic acids is 3. The van der Waals surface area contributed by atoms with E-state index in [0.29, 0.717) is 10.8 Å². The minimum absolute atomic E-state index is 0.211. The summed E-state index contributed by atoms with van der Waals surface area (Å²) in [4.78, 5) is 47.0. The molecule has 1 unspecified atom stereocenters. The first-order valence-electron chi connectivity index (χ1n) is 8.15. The first kappa shape index (κ1) is 18.2. The number of fused-ring (bicyclic) bond motifs is 1. The van der Waals surface area contributed by atoms with Crippen molar-refractivity contribution in [3.8, 4) is 0 Å². The largest absolute Gasteiger partial charge is 0.340 e. The van der Waals surface area contributed by atoms with Crippen LogP contribution in [0.1, 0.15) is 26.6 Å². The molecule has 1 aromatic heterocycles. The van der Waals surface area contributed by atoms with Gasteiger partial charge in [-0.05, 0) is 39.0 Å². The predicted molar refractivity (Wildman–Crippen MR) is 96.5 cm³/mol. The molecule has 1 fully saturated rings. The lowest BCUT2D eigenvalue weighted by Crippen LogP contribution is -2.49. The molecule has 0 bridgehead atoms. The van der Waals surface area contributed by atoms with Crippen molar-refractivity contribution in [1.29, 1.82) is 0 Å². The third-order valence-electron chi connectivity index (χ3n) is 4.39. The third-order valence-corrected chi connectivity index (χ3v) is 4.63. The van der Waals surface area contributed by atoms with Gasteiger partial charge < -0.3 is 15.2 Å². The molecule has 8 nitrogen and oxygen atoms in total. The van der Waals surface area contributed by atoms with Crippen LogP contribution in [0.4, 0.5) is 4.79 Å². The molecule has 0 spiro atoms. The third kappa shape index (κ3) is 3.12. The molecule has 2 heterocycles. The molecule has 1 aliphatic rings. The van der Waals surface area contributed by atoms with Crippen LogP contribution in [0.2, 0.25) is 5.02 Å². The fourth-order valence-corrected chi connectivity index (χ4v) is 3.14. The molecule has 0 aliphatic carbocycles. The number of rotatable bonds is 4. The Morgan fingerprint density at radius 3 is 2.69 bits per heavy atom. The highest BCUT2D eigenvalue weighted by atomic mass is 35.5. The number of hydrogen-bond donors (Lipinski definition) is 2. The zero-order valence-corrected chi connectivity index (χ0v) is 15.7. The molecular weight excluding hydrogens is 358 g/mol. The molecule has 1 aromatic carbocycles. The van der Waals surface area contributed by atoms with Crippen LogP contribution in [0.25, 0.3) is 11.0 Å². The van der Waals surface area contributed by atoms with Crippen LogP contribution in [0.5, 0.6) is 0 Å². The number of H-pyrrole nitrogens is 1. The van der Waals surface area contributed by atoms with Crippen molar-refractivity contribution >= 4 is 40.5 Å². The Labute approximate surface area is 155 Å². The summed E-state index contributed by atoms with van der Waals surface area (Å²) in [7, 11) is 1.60. The maximum atomic E-state index is 12.7. The summed E-state index contributed by atoms with van der Waals surface area (Å²) in [5.74, 6) is -0.192. The summed E-state index contributed by atoms with van der Waals surface area (Å²) >= 11 is 5.96. The van der Waals surface area contributed by atoms with Gasteiger partial charge in [0.1, 0.15) is 17.4 Å². The summed E-state index contributed by atoms with van der Waals surface area (Å²) in [5, 5.41) is 3.17. The van der Waals surface area contributed by atoms with E-state index in [0.717, 1.165) is 15.9 Å². The highest BCUT2D eigenvalue weighted by molar-refractivity contribution is 6.31. The van der Waals surface area contributed by atoms with Gasteiger partial charge in [-0.15, -0.1) is 0 Å². The minimum atomic E-state index is -1.01. The van der Waals surface area contributed by atoms with E-state index in [1.807, 2.05) is 0 Å². The number of amides is 4. The Morgan fingerprint density at radius 1 is 1.38 bits per heavy atom. The lowest BCUT2D eigenvalue weighted by Gasteiger charge is -2.26. The van der Waals surface area contributed by atoms with E-state index in [1.54, 1.807) is 39.1 Å². The molecule has 0 radical (unpaired) electrons. The predicted octanol–water partition coefficient (Wildman–Crippen LogP) is 1.89. The second kappa shape index (κ2) is 6.28. The van der Waals surface area contributed by atoms with Gasteiger partial charge in [-0.2, -0.15) is 0 Å². The summed E-state index contributed by atoms with van der Waals surface area (Å²) in [6.45, 7) is 4.96. The Morgan fingerprint density at radius 2 is 2.08 bits per heavy atom. The number of nitrogens with zero attached hydrogens (tertiary/aromatic N) is 3. The van der Waals surface area contributed by atoms with E-state index in [1.165, 1.54) is 11.8 Å². The van der Waals surface area contributed by atoms with E-state index in [-0.39, 0.29) is 12.5 Å². The number of nitrogens with one attached hydrogen (secondary N) is 2. The number of carbonyl (C=O) groups is 3. The Hall–Kier alpha value is -2.61. The maximum absolute atomic E-state index is 12.7. The van der Waals surface area contributed by atoms with Gasteiger partial charge in [-0.1, -0.05) is 11.6 Å². The van der Waals surface area contributed by atoms with E-state index in [2.05, 4.69) is 15.3 Å². The number of benzene rings is 1. The van der Waals surface area contributed by atoms with Gasteiger partial charge >= 0.3 is 6.03 Å². The highest BCUT2D eigenvalue weighted by Gasteiger charge is 2.48. The molecule has 9 heteroatoms. The van der Waals surface area contributed by atoms with E-state index >= 15 is 0 Å². The number of hydrogen-bond acceptors (Lipinski definition) is 4. The van der Waals surface area contributed by atoms with Gasteiger partial charge in [0.25, 0.3) is 5.91 Å². The first-order chi connectivity index (χ1) is 12.1. The molecule has 2 aromatic rings. The number of imidazole rings is 1. The molecule has 3 rings (SSSR count). The van der Waals surface area contributed by atoms with Crippen LogP contribution < -0.4 is 5.32 Å². The molecule has 2 N–H and O–H groups in total. The van der Waals surface area contributed by atoms with Gasteiger partial charge in [-0.3, -0.25) is 9.59 Å². The Balaban J connectivity index is 1.74. The fraction of sp³-hybridized carbons (Fsp3) is 0.412. The number of imide groups is 1. The van der Waals surface area contributed by atoms with Gasteiger partial charge in [-0.25, -0.2) is 14.7 Å². The topological polar surface area (TPSA) is 98.4 Å². The summed E-state index contributed by atoms with van der Waals surface area (Å²) in [6, 6.07) is 3.82. The second-order valence-electron chi connectivity index (χ2n) is 6.95. The smallest absolute Gasteiger partial charge is 0.325 e. The zero-order valence-electron chi connectivity index (χ0n) is 15.0. The summed E-state index contributed by atoms with van der Waals surface area (Å²) in [6.07, 6.45) is 0. The van der Waals surface area contributed by atoms with Gasteiger partial charge in [0, 0.05) is 12.1 Å². The zero-order chi connectivity index (χ0) is 19.2. The van der Waals surface area contributed by atoms with Crippen LogP contribution in [0.15, 0.2) is 18.2 Å². The lowest BCUT2D eigenvalue weighted by molar-refractivity contribution is -0.142. The van der Waals surface area contributed by atoms with Crippen molar-refractivity contribution in [2.24, 2.45) is 0 Å². The van der Waals surface area contributed by atoms with Crippen LogP contribution in [-0.2, 0) is 16.1 Å². The molecule has 1 atom stereocenters. The van der Waals surface area contributed by atoms with Crippen molar-refractivity contribution in [1.82, 2.24) is 25.1 Å². The van der Waals surface area contributed by atoms with Crippen LogP contribution in [0, 0.1) is 0 Å². The SMILES string of the molecule is CC(C(=O)N(C)Cc1nc2ccc(Cl)cc2[nH]1)N1C(=O)NC(C)(C)C1=O. The first-order valence-corrected chi connectivity index (χ1v) is 8.53. The number of urea groups is 1. The van der Waals surface area contributed by atoms with Crippen molar-refractivity contribution < 1.29 is 14.4 Å². The number of halogens is 1. The number of aromatic amines is 1. The summed E-state index contributed by atoms with van der Waals surface area (Å²) in [5.41, 5.74) is 0.508.